The second-order valence-corrected chi connectivity index (χ2v) is 4.07. The lowest BCUT2D eigenvalue weighted by Crippen LogP contribution is -2.06. The molecule has 3 heteroatoms. The van der Waals surface area contributed by atoms with Gasteiger partial charge in [-0.1, -0.05) is 22.0 Å². The fourth-order valence-corrected chi connectivity index (χ4v) is 1.59. The fraction of sp³-hybridized carbons (Fsp3) is 0.333. The van der Waals surface area contributed by atoms with Gasteiger partial charge in [0.15, 0.2) is 0 Å². The first-order valence-corrected chi connectivity index (χ1v) is 4.59. The van der Waals surface area contributed by atoms with Crippen molar-refractivity contribution in [2.24, 2.45) is 0 Å². The molecule has 0 aromatic heterocycles. The Labute approximate surface area is 78.3 Å². The lowest BCUT2D eigenvalue weighted by Gasteiger charge is -2.08. The van der Waals surface area contributed by atoms with Gasteiger partial charge in [-0.25, -0.2) is 4.39 Å². The summed E-state index contributed by atoms with van der Waals surface area (Å²) in [5.41, 5.74) is -0.448. The van der Waals surface area contributed by atoms with Gasteiger partial charge in [-0.15, -0.1) is 0 Å². The van der Waals surface area contributed by atoms with Crippen LogP contribution in [0.4, 0.5) is 4.39 Å². The summed E-state index contributed by atoms with van der Waals surface area (Å²) < 4.78 is 13.9. The van der Waals surface area contributed by atoms with E-state index < -0.39 is 5.60 Å². The molecule has 0 amide bonds. The quantitative estimate of drug-likeness (QED) is 0.787. The monoisotopic (exact) mass is 230 g/mol. The molecule has 0 bridgehead atoms. The number of benzene rings is 1. The van der Waals surface area contributed by atoms with E-state index in [1.807, 2.05) is 0 Å². The van der Waals surface area contributed by atoms with Gasteiger partial charge < -0.3 is 5.11 Å². The third-order valence-corrected chi connectivity index (χ3v) is 2.65. The summed E-state index contributed by atoms with van der Waals surface area (Å²) >= 11 is 3.16. The number of rotatable bonds is 1. The van der Waals surface area contributed by atoms with E-state index in [4.69, 9.17) is 0 Å². The van der Waals surface area contributed by atoms with Crippen LogP contribution in [-0.4, -0.2) is 5.11 Å². The molecule has 0 atom stereocenters. The zero-order valence-electron chi connectivity index (χ0n) is 6.35. The average molecular weight is 231 g/mol. The molecule has 1 nitrogen and oxygen atoms in total. The Kier molecular flexibility index (Phi) is 1.73. The Morgan fingerprint density at radius 2 is 2.08 bits per heavy atom. The minimum absolute atomic E-state index is 0.329. The molecular formula is C9H8BrFO. The molecule has 0 unspecified atom stereocenters. The maximum Gasteiger partial charge on any atom is 0.130 e. The highest BCUT2D eigenvalue weighted by Crippen LogP contribution is 2.46. The maximum atomic E-state index is 13.2. The molecule has 1 aliphatic rings. The minimum atomic E-state index is -0.870. The van der Waals surface area contributed by atoms with Gasteiger partial charge in [-0.3, -0.25) is 0 Å². The Hall–Kier alpha value is -0.410. The van der Waals surface area contributed by atoms with E-state index in [1.165, 1.54) is 6.07 Å². The van der Waals surface area contributed by atoms with Gasteiger partial charge in [0.05, 0.1) is 5.60 Å². The van der Waals surface area contributed by atoms with Gasteiger partial charge in [0, 0.05) is 10.0 Å². The van der Waals surface area contributed by atoms with Crippen molar-refractivity contribution in [3.05, 3.63) is 34.1 Å². The highest BCUT2D eigenvalue weighted by Gasteiger charge is 2.43. The summed E-state index contributed by atoms with van der Waals surface area (Å²) in [5.74, 6) is -0.329. The van der Waals surface area contributed by atoms with Crippen LogP contribution >= 0.6 is 15.9 Å². The molecule has 0 radical (unpaired) electrons. The Bertz CT molecular complexity index is 320. The topological polar surface area (TPSA) is 20.2 Å². The van der Waals surface area contributed by atoms with Crippen LogP contribution in [0.3, 0.4) is 0 Å². The van der Waals surface area contributed by atoms with E-state index in [0.29, 0.717) is 22.9 Å². The highest BCUT2D eigenvalue weighted by atomic mass is 79.9. The van der Waals surface area contributed by atoms with Crippen molar-refractivity contribution in [1.82, 2.24) is 0 Å². The predicted molar refractivity (Wildman–Crippen MR) is 47.2 cm³/mol. The van der Waals surface area contributed by atoms with Gasteiger partial charge in [0.25, 0.3) is 0 Å². The second-order valence-electron chi connectivity index (χ2n) is 3.16. The Morgan fingerprint density at radius 3 is 2.58 bits per heavy atom. The molecular weight excluding hydrogens is 223 g/mol. The summed E-state index contributed by atoms with van der Waals surface area (Å²) in [6.07, 6.45) is 1.34. The summed E-state index contributed by atoms with van der Waals surface area (Å²) in [4.78, 5) is 0. The van der Waals surface area contributed by atoms with Crippen LogP contribution in [0, 0.1) is 5.82 Å². The molecule has 1 aromatic carbocycles. The Morgan fingerprint density at radius 1 is 1.42 bits per heavy atom. The second kappa shape index (κ2) is 2.54. The first-order valence-electron chi connectivity index (χ1n) is 3.80. The summed E-state index contributed by atoms with van der Waals surface area (Å²) in [5, 5.41) is 9.62. The molecule has 1 N–H and O–H groups in total. The third-order valence-electron chi connectivity index (χ3n) is 2.16. The van der Waals surface area contributed by atoms with Crippen molar-refractivity contribution in [1.29, 1.82) is 0 Å². The molecule has 64 valence electrons. The largest absolute Gasteiger partial charge is 0.385 e. The Balaban J connectivity index is 2.45. The molecule has 0 spiro atoms. The van der Waals surface area contributed by atoms with Gasteiger partial charge >= 0.3 is 0 Å². The third kappa shape index (κ3) is 1.27. The van der Waals surface area contributed by atoms with Gasteiger partial charge in [-0.05, 0) is 25.0 Å². The van der Waals surface area contributed by atoms with Crippen molar-refractivity contribution in [3.63, 3.8) is 0 Å². The summed E-state index contributed by atoms with van der Waals surface area (Å²) in [6.45, 7) is 0. The smallest absolute Gasteiger partial charge is 0.130 e. The van der Waals surface area contributed by atoms with Gasteiger partial charge in [0.2, 0.25) is 0 Å². The number of halogens is 2. The standard InChI is InChI=1S/C9H8BrFO/c10-6-1-2-7(8(11)5-6)9(12)3-4-9/h1-2,5,12H,3-4H2. The van der Waals surface area contributed by atoms with E-state index >= 15 is 0 Å². The molecule has 1 fully saturated rings. The van der Waals surface area contributed by atoms with Crippen LogP contribution in [0.25, 0.3) is 0 Å². The highest BCUT2D eigenvalue weighted by molar-refractivity contribution is 9.10. The van der Waals surface area contributed by atoms with Crippen molar-refractivity contribution in [3.8, 4) is 0 Å². The normalized spacial score (nSPS) is 19.2. The van der Waals surface area contributed by atoms with E-state index in [-0.39, 0.29) is 5.82 Å². The van der Waals surface area contributed by atoms with Crippen molar-refractivity contribution in [2.45, 2.75) is 18.4 Å². The molecule has 1 saturated carbocycles. The average Bonchev–Trinajstić information content (AvgIpc) is 2.68. The van der Waals surface area contributed by atoms with Crippen LogP contribution in [0.2, 0.25) is 0 Å². The SMILES string of the molecule is OC1(c2ccc(Br)cc2F)CC1. The molecule has 12 heavy (non-hydrogen) atoms. The molecule has 1 aromatic rings. The fourth-order valence-electron chi connectivity index (χ4n) is 1.25. The zero-order valence-corrected chi connectivity index (χ0v) is 7.94. The zero-order chi connectivity index (χ0) is 8.77. The van der Waals surface area contributed by atoms with Crippen LogP contribution in [0.5, 0.6) is 0 Å². The minimum Gasteiger partial charge on any atom is -0.385 e. The number of hydrogen-bond donors (Lipinski definition) is 1. The van der Waals surface area contributed by atoms with E-state index in [1.54, 1.807) is 12.1 Å². The first-order chi connectivity index (χ1) is 5.62. The first kappa shape index (κ1) is 8.20. The van der Waals surface area contributed by atoms with E-state index in [2.05, 4.69) is 15.9 Å². The van der Waals surface area contributed by atoms with Gasteiger partial charge in [-0.2, -0.15) is 0 Å². The van der Waals surface area contributed by atoms with Crippen LogP contribution in [0.15, 0.2) is 22.7 Å². The lowest BCUT2D eigenvalue weighted by atomic mass is 10.1. The molecule has 0 heterocycles. The molecule has 2 rings (SSSR count). The van der Waals surface area contributed by atoms with E-state index in [9.17, 15) is 9.50 Å². The van der Waals surface area contributed by atoms with Gasteiger partial charge in [0.1, 0.15) is 5.82 Å². The number of hydrogen-bond acceptors (Lipinski definition) is 1. The molecule has 0 saturated heterocycles. The van der Waals surface area contributed by atoms with E-state index in [0.717, 1.165) is 0 Å². The van der Waals surface area contributed by atoms with Crippen molar-refractivity contribution >= 4 is 15.9 Å². The molecule has 0 aliphatic heterocycles. The maximum absolute atomic E-state index is 13.2. The van der Waals surface area contributed by atoms with Crippen LogP contribution < -0.4 is 0 Å². The summed E-state index contributed by atoms with van der Waals surface area (Å²) in [7, 11) is 0. The lowest BCUT2D eigenvalue weighted by molar-refractivity contribution is 0.146. The van der Waals surface area contributed by atoms with Crippen molar-refractivity contribution in [2.75, 3.05) is 0 Å². The van der Waals surface area contributed by atoms with Crippen LogP contribution in [0.1, 0.15) is 18.4 Å². The molecule has 1 aliphatic carbocycles. The van der Waals surface area contributed by atoms with Crippen molar-refractivity contribution < 1.29 is 9.50 Å². The summed E-state index contributed by atoms with van der Waals surface area (Å²) in [6, 6.07) is 4.76. The predicted octanol–water partition coefficient (Wildman–Crippen LogP) is 2.57. The number of aliphatic hydroxyl groups is 1. The van der Waals surface area contributed by atoms with Crippen LogP contribution in [-0.2, 0) is 5.60 Å².